The van der Waals surface area contributed by atoms with Gasteiger partial charge in [0.05, 0.1) is 6.10 Å². The summed E-state index contributed by atoms with van der Waals surface area (Å²) in [6.07, 6.45) is 1.15. The molecule has 0 spiro atoms. The summed E-state index contributed by atoms with van der Waals surface area (Å²) in [5, 5.41) is 11.9. The normalized spacial score (nSPS) is 12.2. The van der Waals surface area contributed by atoms with Crippen LogP contribution in [-0.4, -0.2) is 30.3 Å². The Morgan fingerprint density at radius 3 is 2.45 bits per heavy atom. The Morgan fingerprint density at radius 1 is 1.25 bits per heavy atom. The van der Waals surface area contributed by atoms with Gasteiger partial charge in [-0.2, -0.15) is 0 Å². The topological polar surface area (TPSA) is 58.6 Å². The third-order valence-electron chi connectivity index (χ3n) is 3.04. The summed E-state index contributed by atoms with van der Waals surface area (Å²) in [6, 6.07) is 7.80. The van der Waals surface area contributed by atoms with Gasteiger partial charge in [0, 0.05) is 6.54 Å². The molecule has 0 aliphatic rings. The van der Waals surface area contributed by atoms with Gasteiger partial charge < -0.3 is 15.2 Å². The Kier molecular flexibility index (Phi) is 7.09. The maximum atomic E-state index is 11.5. The number of rotatable bonds is 8. The van der Waals surface area contributed by atoms with E-state index in [4.69, 9.17) is 9.84 Å². The first-order valence-electron chi connectivity index (χ1n) is 7.16. The summed E-state index contributed by atoms with van der Waals surface area (Å²) < 4.78 is 5.42. The average molecular weight is 279 g/mol. The first-order chi connectivity index (χ1) is 9.49. The van der Waals surface area contributed by atoms with E-state index < -0.39 is 0 Å². The van der Waals surface area contributed by atoms with Crippen molar-refractivity contribution in [3.8, 4) is 5.75 Å². The molecular weight excluding hydrogens is 254 g/mol. The molecule has 20 heavy (non-hydrogen) atoms. The average Bonchev–Trinajstić information content (AvgIpc) is 2.41. The Bertz CT molecular complexity index is 399. The van der Waals surface area contributed by atoms with Crippen molar-refractivity contribution in [3.63, 3.8) is 0 Å². The highest BCUT2D eigenvalue weighted by Crippen LogP contribution is 2.18. The zero-order valence-corrected chi connectivity index (χ0v) is 12.6. The van der Waals surface area contributed by atoms with Gasteiger partial charge in [0.1, 0.15) is 5.75 Å². The number of carbonyl (C=O) groups excluding carboxylic acids is 1. The molecule has 112 valence electrons. The van der Waals surface area contributed by atoms with Crippen molar-refractivity contribution in [3.05, 3.63) is 29.8 Å². The van der Waals surface area contributed by atoms with Crippen molar-refractivity contribution >= 4 is 5.91 Å². The predicted molar refractivity (Wildman–Crippen MR) is 80.0 cm³/mol. The van der Waals surface area contributed by atoms with Gasteiger partial charge in [0.25, 0.3) is 5.91 Å². The van der Waals surface area contributed by atoms with Gasteiger partial charge in [0.2, 0.25) is 0 Å². The number of hydrogen-bond acceptors (Lipinski definition) is 3. The first kappa shape index (κ1) is 16.5. The molecule has 0 saturated carbocycles. The number of aliphatic hydroxyl groups excluding tert-OH is 1. The zero-order chi connectivity index (χ0) is 15.0. The minimum absolute atomic E-state index is 0.0235. The number of hydrogen-bond donors (Lipinski definition) is 2. The lowest BCUT2D eigenvalue weighted by molar-refractivity contribution is -0.123. The summed E-state index contributed by atoms with van der Waals surface area (Å²) in [7, 11) is 0. The van der Waals surface area contributed by atoms with Crippen molar-refractivity contribution in [2.24, 2.45) is 0 Å². The summed E-state index contributed by atoms with van der Waals surface area (Å²) >= 11 is 0. The molecule has 1 amide bonds. The number of amides is 1. The molecule has 0 saturated heterocycles. The highest BCUT2D eigenvalue weighted by atomic mass is 16.5. The monoisotopic (exact) mass is 279 g/mol. The number of carbonyl (C=O) groups is 1. The molecule has 4 nitrogen and oxygen atoms in total. The Balaban J connectivity index is 2.23. The molecule has 0 bridgehead atoms. The highest BCUT2D eigenvalue weighted by molar-refractivity contribution is 5.77. The number of nitrogens with one attached hydrogen (secondary N) is 1. The maximum absolute atomic E-state index is 11.5. The molecule has 0 aliphatic carbocycles. The summed E-state index contributed by atoms with van der Waals surface area (Å²) in [5.74, 6) is 1.05. The van der Waals surface area contributed by atoms with Crippen LogP contribution in [-0.2, 0) is 4.79 Å². The molecule has 1 atom stereocenters. The second-order valence-electron chi connectivity index (χ2n) is 5.35. The SMILES string of the molecule is CC(O)CCCNC(=O)COc1ccc(C(C)C)cc1. The second kappa shape index (κ2) is 8.59. The molecule has 4 heteroatoms. The lowest BCUT2D eigenvalue weighted by Gasteiger charge is -2.09. The molecule has 2 N–H and O–H groups in total. The number of aliphatic hydroxyl groups is 1. The van der Waals surface area contributed by atoms with E-state index in [2.05, 4.69) is 19.2 Å². The van der Waals surface area contributed by atoms with Crippen LogP contribution in [0, 0.1) is 0 Å². The molecule has 1 aromatic carbocycles. The van der Waals surface area contributed by atoms with Gasteiger partial charge in [-0.25, -0.2) is 0 Å². The van der Waals surface area contributed by atoms with Crippen molar-refractivity contribution < 1.29 is 14.6 Å². The van der Waals surface area contributed by atoms with E-state index in [1.54, 1.807) is 6.92 Å². The Hall–Kier alpha value is -1.55. The van der Waals surface area contributed by atoms with E-state index in [1.807, 2.05) is 24.3 Å². The summed E-state index contributed by atoms with van der Waals surface area (Å²) in [4.78, 5) is 11.5. The van der Waals surface area contributed by atoms with Crippen molar-refractivity contribution in [2.75, 3.05) is 13.2 Å². The zero-order valence-electron chi connectivity index (χ0n) is 12.6. The molecule has 0 heterocycles. The van der Waals surface area contributed by atoms with Gasteiger partial charge >= 0.3 is 0 Å². The fraction of sp³-hybridized carbons (Fsp3) is 0.562. The van der Waals surface area contributed by atoms with Crippen molar-refractivity contribution in [2.45, 2.75) is 45.6 Å². The third-order valence-corrected chi connectivity index (χ3v) is 3.04. The van der Waals surface area contributed by atoms with Crippen LogP contribution in [0.3, 0.4) is 0 Å². The minimum Gasteiger partial charge on any atom is -0.484 e. The number of benzene rings is 1. The molecule has 1 aromatic rings. The minimum atomic E-state index is -0.317. The van der Waals surface area contributed by atoms with E-state index in [0.29, 0.717) is 24.6 Å². The van der Waals surface area contributed by atoms with Gasteiger partial charge in [-0.15, -0.1) is 0 Å². The van der Waals surface area contributed by atoms with E-state index >= 15 is 0 Å². The van der Waals surface area contributed by atoms with E-state index in [1.165, 1.54) is 5.56 Å². The van der Waals surface area contributed by atoms with Crippen LogP contribution in [0.5, 0.6) is 5.75 Å². The maximum Gasteiger partial charge on any atom is 0.257 e. The van der Waals surface area contributed by atoms with Gasteiger partial charge in [0.15, 0.2) is 6.61 Å². The Labute approximate surface area is 121 Å². The van der Waals surface area contributed by atoms with Crippen molar-refractivity contribution in [1.82, 2.24) is 5.32 Å². The van der Waals surface area contributed by atoms with E-state index in [9.17, 15) is 4.79 Å². The van der Waals surface area contributed by atoms with Crippen LogP contribution in [0.15, 0.2) is 24.3 Å². The van der Waals surface area contributed by atoms with Gasteiger partial charge in [-0.3, -0.25) is 4.79 Å². The summed E-state index contributed by atoms with van der Waals surface area (Å²) in [6.45, 7) is 6.61. The molecule has 0 radical (unpaired) electrons. The fourth-order valence-electron chi connectivity index (χ4n) is 1.77. The molecule has 0 aliphatic heterocycles. The van der Waals surface area contributed by atoms with Crippen LogP contribution in [0.1, 0.15) is 45.1 Å². The lowest BCUT2D eigenvalue weighted by Crippen LogP contribution is -2.30. The third kappa shape index (κ3) is 6.57. The van der Waals surface area contributed by atoms with Gasteiger partial charge in [-0.05, 0) is 43.4 Å². The number of ether oxygens (including phenoxy) is 1. The quantitative estimate of drug-likeness (QED) is 0.719. The summed E-state index contributed by atoms with van der Waals surface area (Å²) in [5.41, 5.74) is 1.25. The lowest BCUT2D eigenvalue weighted by atomic mass is 10.0. The molecule has 0 fully saturated rings. The predicted octanol–water partition coefficient (Wildman–Crippen LogP) is 2.47. The second-order valence-corrected chi connectivity index (χ2v) is 5.35. The Morgan fingerprint density at radius 2 is 1.90 bits per heavy atom. The van der Waals surface area contributed by atoms with Crippen LogP contribution in [0.2, 0.25) is 0 Å². The van der Waals surface area contributed by atoms with Crippen LogP contribution in [0.4, 0.5) is 0 Å². The molecule has 1 rings (SSSR count). The standard InChI is InChI=1S/C16H25NO3/c1-12(2)14-6-8-15(9-7-14)20-11-16(19)17-10-4-5-13(3)18/h6-9,12-13,18H,4-5,10-11H2,1-3H3,(H,17,19). The van der Waals surface area contributed by atoms with E-state index in [0.717, 1.165) is 6.42 Å². The van der Waals surface area contributed by atoms with Crippen LogP contribution in [0.25, 0.3) is 0 Å². The van der Waals surface area contributed by atoms with Crippen molar-refractivity contribution in [1.29, 1.82) is 0 Å². The van der Waals surface area contributed by atoms with E-state index in [-0.39, 0.29) is 18.6 Å². The smallest absolute Gasteiger partial charge is 0.257 e. The molecular formula is C16H25NO3. The highest BCUT2D eigenvalue weighted by Gasteiger charge is 2.04. The fourth-order valence-corrected chi connectivity index (χ4v) is 1.77. The van der Waals surface area contributed by atoms with Crippen LogP contribution < -0.4 is 10.1 Å². The van der Waals surface area contributed by atoms with Gasteiger partial charge in [-0.1, -0.05) is 26.0 Å². The largest absolute Gasteiger partial charge is 0.484 e. The van der Waals surface area contributed by atoms with Crippen LogP contribution >= 0.6 is 0 Å². The first-order valence-corrected chi connectivity index (χ1v) is 7.16. The molecule has 0 aromatic heterocycles. The molecule has 1 unspecified atom stereocenters.